The van der Waals surface area contributed by atoms with Gasteiger partial charge in [0, 0.05) is 25.3 Å². The summed E-state index contributed by atoms with van der Waals surface area (Å²) in [6.07, 6.45) is 1.88. The number of aliphatic hydroxyl groups excluding tert-OH is 1. The van der Waals surface area contributed by atoms with Crippen molar-refractivity contribution in [3.8, 4) is 0 Å². The van der Waals surface area contributed by atoms with Gasteiger partial charge in [-0.3, -0.25) is 9.59 Å². The Balaban J connectivity index is 1.60. The number of carboxylic acids is 1. The molecule has 1 aromatic rings. The molecule has 130 valence electrons. The van der Waals surface area contributed by atoms with Crippen LogP contribution >= 0.6 is 0 Å². The Bertz CT molecular complexity index is 609. The van der Waals surface area contributed by atoms with E-state index < -0.39 is 11.9 Å². The van der Waals surface area contributed by atoms with Crippen LogP contribution in [0, 0.1) is 11.8 Å². The van der Waals surface area contributed by atoms with Crippen molar-refractivity contribution < 1.29 is 24.5 Å². The summed E-state index contributed by atoms with van der Waals surface area (Å²) in [5.74, 6) is -1.04. The molecule has 2 atom stereocenters. The number of ether oxygens (including phenoxy) is 1. The first-order valence-electron chi connectivity index (χ1n) is 8.43. The second kappa shape index (κ2) is 7.32. The largest absolute Gasteiger partial charge is 0.481 e. The molecule has 2 aliphatic rings. The monoisotopic (exact) mass is 333 g/mol. The fourth-order valence-corrected chi connectivity index (χ4v) is 3.76. The van der Waals surface area contributed by atoms with E-state index in [2.05, 4.69) is 0 Å². The smallest absolute Gasteiger partial charge is 0.309 e. The van der Waals surface area contributed by atoms with E-state index in [-0.39, 0.29) is 24.5 Å². The standard InChI is InChI=1S/C18H23NO5/c20-11-12-2-1-3-14(10-12)17(21)19-7-4-13(5-8-19)16-15(18(22)23)6-9-24-16/h1-3,10,13,15-16,20H,4-9,11H2,(H,22,23)/t15-,16+/m1/s1. The van der Waals surface area contributed by atoms with E-state index in [1.54, 1.807) is 29.2 Å². The van der Waals surface area contributed by atoms with Crippen LogP contribution in [-0.4, -0.2) is 52.8 Å². The number of hydrogen-bond acceptors (Lipinski definition) is 4. The number of carbonyl (C=O) groups is 2. The van der Waals surface area contributed by atoms with Crippen LogP contribution in [0.3, 0.4) is 0 Å². The van der Waals surface area contributed by atoms with Gasteiger partial charge in [-0.25, -0.2) is 0 Å². The second-order valence-electron chi connectivity index (χ2n) is 6.56. The van der Waals surface area contributed by atoms with Crippen LogP contribution in [0.15, 0.2) is 24.3 Å². The molecule has 0 bridgehead atoms. The number of hydrogen-bond donors (Lipinski definition) is 2. The molecular formula is C18H23NO5. The number of piperidine rings is 1. The molecule has 1 aromatic carbocycles. The Kier molecular flexibility index (Phi) is 5.16. The lowest BCUT2D eigenvalue weighted by Crippen LogP contribution is -2.43. The third-order valence-electron chi connectivity index (χ3n) is 5.10. The molecule has 6 nitrogen and oxygen atoms in total. The predicted octanol–water partition coefficient (Wildman–Crippen LogP) is 1.52. The number of nitrogens with zero attached hydrogens (tertiary/aromatic N) is 1. The molecule has 0 saturated carbocycles. The molecule has 0 aromatic heterocycles. The number of carboxylic acid groups (broad SMARTS) is 1. The quantitative estimate of drug-likeness (QED) is 0.872. The van der Waals surface area contributed by atoms with Crippen LogP contribution in [0.25, 0.3) is 0 Å². The highest BCUT2D eigenvalue weighted by molar-refractivity contribution is 5.94. The van der Waals surface area contributed by atoms with Crippen molar-refractivity contribution in [1.82, 2.24) is 4.90 Å². The molecule has 2 saturated heterocycles. The first kappa shape index (κ1) is 16.9. The van der Waals surface area contributed by atoms with Gasteiger partial charge in [-0.1, -0.05) is 12.1 Å². The van der Waals surface area contributed by atoms with Crippen molar-refractivity contribution in [2.24, 2.45) is 11.8 Å². The van der Waals surface area contributed by atoms with Gasteiger partial charge in [0.1, 0.15) is 0 Å². The minimum Gasteiger partial charge on any atom is -0.481 e. The molecule has 0 aliphatic carbocycles. The highest BCUT2D eigenvalue weighted by Crippen LogP contribution is 2.33. The summed E-state index contributed by atoms with van der Waals surface area (Å²) in [5, 5.41) is 18.5. The fourth-order valence-electron chi connectivity index (χ4n) is 3.76. The van der Waals surface area contributed by atoms with Gasteiger partial charge in [0.2, 0.25) is 0 Å². The molecule has 1 amide bonds. The third kappa shape index (κ3) is 3.44. The van der Waals surface area contributed by atoms with Crippen molar-refractivity contribution >= 4 is 11.9 Å². The maximum absolute atomic E-state index is 12.6. The van der Waals surface area contributed by atoms with Crippen molar-refractivity contribution in [3.05, 3.63) is 35.4 Å². The number of benzene rings is 1. The van der Waals surface area contributed by atoms with E-state index in [9.17, 15) is 19.8 Å². The molecule has 0 unspecified atom stereocenters. The highest BCUT2D eigenvalue weighted by Gasteiger charge is 2.40. The molecule has 2 aliphatic heterocycles. The van der Waals surface area contributed by atoms with Gasteiger partial charge < -0.3 is 19.8 Å². The molecule has 6 heteroatoms. The summed E-state index contributed by atoms with van der Waals surface area (Å²) in [6, 6.07) is 7.03. The zero-order valence-corrected chi connectivity index (χ0v) is 13.6. The number of aliphatic carboxylic acids is 1. The number of rotatable bonds is 4. The summed E-state index contributed by atoms with van der Waals surface area (Å²) < 4.78 is 5.66. The molecule has 0 spiro atoms. The molecule has 24 heavy (non-hydrogen) atoms. The lowest BCUT2D eigenvalue weighted by atomic mass is 9.84. The molecule has 2 N–H and O–H groups in total. The van der Waals surface area contributed by atoms with Gasteiger partial charge in [-0.05, 0) is 42.9 Å². The van der Waals surface area contributed by atoms with Crippen LogP contribution in [0.4, 0.5) is 0 Å². The Morgan fingerprint density at radius 1 is 1.21 bits per heavy atom. The lowest BCUT2D eigenvalue weighted by molar-refractivity contribution is -0.145. The normalized spacial score (nSPS) is 25.0. The summed E-state index contributed by atoms with van der Waals surface area (Å²) in [7, 11) is 0. The molecule has 0 radical (unpaired) electrons. The Morgan fingerprint density at radius 2 is 1.96 bits per heavy atom. The maximum atomic E-state index is 12.6. The van der Waals surface area contributed by atoms with E-state index in [1.165, 1.54) is 0 Å². The molecule has 2 heterocycles. The second-order valence-corrected chi connectivity index (χ2v) is 6.56. The highest BCUT2D eigenvalue weighted by atomic mass is 16.5. The van der Waals surface area contributed by atoms with Gasteiger partial charge in [0.15, 0.2) is 0 Å². The average molecular weight is 333 g/mol. The van der Waals surface area contributed by atoms with Crippen molar-refractivity contribution in [3.63, 3.8) is 0 Å². The van der Waals surface area contributed by atoms with E-state index in [0.717, 1.165) is 18.4 Å². The van der Waals surface area contributed by atoms with Crippen LogP contribution < -0.4 is 0 Å². The topological polar surface area (TPSA) is 87.1 Å². The Morgan fingerprint density at radius 3 is 2.62 bits per heavy atom. The SMILES string of the molecule is O=C(O)[C@@H]1CCO[C@H]1C1CCN(C(=O)c2cccc(CO)c2)CC1. The number of amides is 1. The summed E-state index contributed by atoms with van der Waals surface area (Å²) in [5.41, 5.74) is 1.31. The summed E-state index contributed by atoms with van der Waals surface area (Å²) in [4.78, 5) is 25.7. The van der Waals surface area contributed by atoms with Gasteiger partial charge in [-0.15, -0.1) is 0 Å². The molecular weight excluding hydrogens is 310 g/mol. The predicted molar refractivity (Wildman–Crippen MR) is 86.5 cm³/mol. The number of aliphatic hydroxyl groups is 1. The van der Waals surface area contributed by atoms with Crippen molar-refractivity contribution in [1.29, 1.82) is 0 Å². The van der Waals surface area contributed by atoms with Crippen LogP contribution in [0.2, 0.25) is 0 Å². The minimum atomic E-state index is -0.781. The van der Waals surface area contributed by atoms with E-state index >= 15 is 0 Å². The van der Waals surface area contributed by atoms with Gasteiger partial charge in [0.05, 0.1) is 18.6 Å². The minimum absolute atomic E-state index is 0.0362. The van der Waals surface area contributed by atoms with E-state index in [4.69, 9.17) is 4.74 Å². The van der Waals surface area contributed by atoms with Crippen molar-refractivity contribution in [2.45, 2.75) is 32.0 Å². The van der Waals surface area contributed by atoms with Gasteiger partial charge >= 0.3 is 5.97 Å². The lowest BCUT2D eigenvalue weighted by Gasteiger charge is -2.35. The van der Waals surface area contributed by atoms with Gasteiger partial charge in [0.25, 0.3) is 5.91 Å². The van der Waals surface area contributed by atoms with Gasteiger partial charge in [-0.2, -0.15) is 0 Å². The van der Waals surface area contributed by atoms with E-state index in [0.29, 0.717) is 31.7 Å². The van der Waals surface area contributed by atoms with Crippen LogP contribution in [-0.2, 0) is 16.1 Å². The van der Waals surface area contributed by atoms with E-state index in [1.807, 2.05) is 0 Å². The Labute approximate surface area is 141 Å². The number of likely N-dealkylation sites (tertiary alicyclic amines) is 1. The zero-order chi connectivity index (χ0) is 17.1. The molecule has 3 rings (SSSR count). The fraction of sp³-hybridized carbons (Fsp3) is 0.556. The molecule has 2 fully saturated rings. The third-order valence-corrected chi connectivity index (χ3v) is 5.10. The maximum Gasteiger partial charge on any atom is 0.309 e. The zero-order valence-electron chi connectivity index (χ0n) is 13.6. The summed E-state index contributed by atoms with van der Waals surface area (Å²) in [6.45, 7) is 1.64. The first-order valence-corrected chi connectivity index (χ1v) is 8.43. The van der Waals surface area contributed by atoms with Crippen LogP contribution in [0.1, 0.15) is 35.2 Å². The van der Waals surface area contributed by atoms with Crippen LogP contribution in [0.5, 0.6) is 0 Å². The first-order chi connectivity index (χ1) is 11.6. The Hall–Kier alpha value is -1.92. The average Bonchev–Trinajstić information content (AvgIpc) is 3.11. The van der Waals surface area contributed by atoms with Crippen molar-refractivity contribution in [2.75, 3.05) is 19.7 Å². The summed E-state index contributed by atoms with van der Waals surface area (Å²) >= 11 is 0. The number of carbonyl (C=O) groups excluding carboxylic acids is 1.